The van der Waals surface area contributed by atoms with E-state index < -0.39 is 0 Å². The van der Waals surface area contributed by atoms with E-state index in [1.165, 1.54) is 63.6 Å². The number of nitrogens with zero attached hydrogens (tertiary/aromatic N) is 1. The number of likely N-dealkylation sites (N-methyl/N-ethyl adjacent to an activating group) is 1. The fourth-order valence-electron chi connectivity index (χ4n) is 5.38. The summed E-state index contributed by atoms with van der Waals surface area (Å²) in [5.74, 6) is 1.08. The maximum absolute atomic E-state index is 12.8. The van der Waals surface area contributed by atoms with E-state index in [9.17, 15) is 4.79 Å². The van der Waals surface area contributed by atoms with Crippen molar-refractivity contribution in [3.8, 4) is 0 Å². The number of benzene rings is 1. The number of quaternary nitrogens is 1. The number of piperidine rings is 3. The Morgan fingerprint density at radius 2 is 1.74 bits per heavy atom. The molecule has 1 aromatic carbocycles. The molecule has 5 rings (SSSR count). The Balaban J connectivity index is 0.00000210. The first-order valence-corrected chi connectivity index (χ1v) is 10.5. The van der Waals surface area contributed by atoms with Crippen molar-refractivity contribution in [3.63, 3.8) is 0 Å². The molecule has 1 N–H and O–H groups in total. The van der Waals surface area contributed by atoms with Crippen LogP contribution in [0, 0.1) is 11.8 Å². The monoisotopic (exact) mass is 484 g/mol. The first-order valence-electron chi connectivity index (χ1n) is 10.5. The van der Waals surface area contributed by atoms with Crippen molar-refractivity contribution >= 4 is 6.09 Å². The van der Waals surface area contributed by atoms with Crippen molar-refractivity contribution in [2.24, 2.45) is 11.8 Å². The first-order chi connectivity index (χ1) is 12.6. The van der Waals surface area contributed by atoms with E-state index in [1.807, 2.05) is 6.07 Å². The van der Waals surface area contributed by atoms with Crippen molar-refractivity contribution in [1.29, 1.82) is 0 Å². The van der Waals surface area contributed by atoms with Gasteiger partial charge >= 0.3 is 6.09 Å². The molecule has 1 amide bonds. The molecule has 1 saturated carbocycles. The van der Waals surface area contributed by atoms with Crippen LogP contribution >= 0.6 is 0 Å². The van der Waals surface area contributed by atoms with Crippen LogP contribution in [0.3, 0.4) is 0 Å². The van der Waals surface area contributed by atoms with Crippen molar-refractivity contribution in [2.75, 3.05) is 26.7 Å². The molecular weight excluding hydrogens is 451 g/mol. The van der Waals surface area contributed by atoms with E-state index in [0.717, 1.165) is 11.0 Å². The van der Waals surface area contributed by atoms with Crippen LogP contribution in [-0.2, 0) is 4.74 Å². The molecule has 150 valence electrons. The zero-order valence-electron chi connectivity index (χ0n) is 16.4. The lowest BCUT2D eigenvalue weighted by Gasteiger charge is -2.49. The molecule has 4 aliphatic rings. The minimum absolute atomic E-state index is 0. The molecule has 4 nitrogen and oxygen atoms in total. The summed E-state index contributed by atoms with van der Waals surface area (Å²) < 4.78 is 7.04. The number of halogens is 1. The van der Waals surface area contributed by atoms with Crippen LogP contribution in [0.5, 0.6) is 0 Å². The van der Waals surface area contributed by atoms with Crippen LogP contribution in [0.25, 0.3) is 0 Å². The van der Waals surface area contributed by atoms with Crippen LogP contribution in [0.1, 0.15) is 56.6 Å². The smallest absolute Gasteiger partial charge is 0.408 e. The lowest BCUT2D eigenvalue weighted by molar-refractivity contribution is -0.928. The standard InChI is InChI=1S/C22H32N2O2.HI/c1-24-14-12-17(13-15-24)20(16-24)26-22(25)23-21(18-8-4-2-5-9-18)19-10-6-3-7-11-19;/h2,4-5,8-9,17,19-21H,3,6-7,10-16H2,1H3;1H. The topological polar surface area (TPSA) is 38.3 Å². The van der Waals surface area contributed by atoms with E-state index in [4.69, 9.17) is 4.74 Å². The van der Waals surface area contributed by atoms with Gasteiger partial charge in [-0.3, -0.25) is 0 Å². The fourth-order valence-corrected chi connectivity index (χ4v) is 5.38. The van der Waals surface area contributed by atoms with Crippen LogP contribution in [0.4, 0.5) is 4.79 Å². The molecule has 4 fully saturated rings. The molecule has 3 aliphatic heterocycles. The molecule has 3 heterocycles. The summed E-state index contributed by atoms with van der Waals surface area (Å²) in [4.78, 5) is 12.8. The molecule has 2 unspecified atom stereocenters. The average Bonchev–Trinajstić information content (AvgIpc) is 2.67. The zero-order valence-corrected chi connectivity index (χ0v) is 18.6. The predicted molar refractivity (Wildman–Crippen MR) is 103 cm³/mol. The summed E-state index contributed by atoms with van der Waals surface area (Å²) in [7, 11) is 2.30. The number of rotatable bonds is 4. The Labute approximate surface area is 180 Å². The van der Waals surface area contributed by atoms with Crippen molar-refractivity contribution in [1.82, 2.24) is 5.32 Å². The summed E-state index contributed by atoms with van der Waals surface area (Å²) in [5.41, 5.74) is 1.21. The normalized spacial score (nSPS) is 31.6. The summed E-state index contributed by atoms with van der Waals surface area (Å²) >= 11 is 0. The third-order valence-electron chi connectivity index (χ3n) is 7.04. The van der Waals surface area contributed by atoms with E-state index in [0.29, 0.717) is 11.8 Å². The number of carbonyl (C=O) groups excluding carboxylic acids is 1. The van der Waals surface area contributed by atoms with E-state index in [1.54, 1.807) is 0 Å². The Bertz CT molecular complexity index is 610. The molecule has 0 spiro atoms. The highest BCUT2D eigenvalue weighted by atomic mass is 127. The molecular formula is C22H33IN2O2. The molecule has 0 radical (unpaired) electrons. The number of amides is 1. The maximum atomic E-state index is 12.8. The molecule has 1 aliphatic carbocycles. The molecule has 2 bridgehead atoms. The Morgan fingerprint density at radius 3 is 2.37 bits per heavy atom. The predicted octanol–water partition coefficient (Wildman–Crippen LogP) is 1.28. The number of fused-ring (bicyclic) bond motifs is 3. The van der Waals surface area contributed by atoms with Gasteiger partial charge in [-0.25, -0.2) is 4.79 Å². The van der Waals surface area contributed by atoms with Crippen LogP contribution in [0.15, 0.2) is 30.3 Å². The zero-order chi connectivity index (χ0) is 18.0. The van der Waals surface area contributed by atoms with Gasteiger partial charge in [-0.2, -0.15) is 0 Å². The van der Waals surface area contributed by atoms with Gasteiger partial charge in [0.15, 0.2) is 6.10 Å². The minimum Gasteiger partial charge on any atom is -1.00 e. The van der Waals surface area contributed by atoms with E-state index in [-0.39, 0.29) is 42.2 Å². The number of alkyl carbamates (subject to hydrolysis) is 1. The lowest BCUT2D eigenvalue weighted by atomic mass is 9.81. The number of nitrogens with one attached hydrogen (secondary N) is 1. The van der Waals surface area contributed by atoms with Crippen molar-refractivity contribution in [2.45, 2.75) is 57.1 Å². The SMILES string of the molecule is C[N+]12CCC(CC1)C(OC(=O)NC(c1ccccc1)C1CCCCC1)C2.[I-]. The highest BCUT2D eigenvalue weighted by Gasteiger charge is 2.45. The van der Waals surface area contributed by atoms with E-state index in [2.05, 4.69) is 36.6 Å². The summed E-state index contributed by atoms with van der Waals surface area (Å²) in [5, 5.41) is 3.25. The Kier molecular flexibility index (Phi) is 7.06. The van der Waals surface area contributed by atoms with Gasteiger partial charge in [-0.15, -0.1) is 0 Å². The molecule has 3 saturated heterocycles. The Hall–Kier alpha value is -0.820. The summed E-state index contributed by atoms with van der Waals surface area (Å²) in [6, 6.07) is 10.5. The number of carbonyl (C=O) groups is 1. The number of hydrogen-bond acceptors (Lipinski definition) is 2. The summed E-state index contributed by atoms with van der Waals surface area (Å²) in [6.07, 6.45) is 8.51. The maximum Gasteiger partial charge on any atom is 0.408 e. The fraction of sp³-hybridized carbons (Fsp3) is 0.682. The second-order valence-corrected chi connectivity index (χ2v) is 8.96. The van der Waals surface area contributed by atoms with Gasteiger partial charge in [0.25, 0.3) is 0 Å². The van der Waals surface area contributed by atoms with Crippen LogP contribution < -0.4 is 29.3 Å². The summed E-state index contributed by atoms with van der Waals surface area (Å²) in [6.45, 7) is 3.46. The number of hydrogen-bond donors (Lipinski definition) is 1. The van der Waals surface area contributed by atoms with Gasteiger partial charge in [-0.05, 0) is 24.3 Å². The number of ether oxygens (including phenoxy) is 1. The van der Waals surface area contributed by atoms with Gasteiger partial charge in [0.2, 0.25) is 0 Å². The molecule has 0 aromatic heterocycles. The third kappa shape index (κ3) is 4.97. The first kappa shape index (κ1) is 20.9. The minimum atomic E-state index is -0.213. The molecule has 2 atom stereocenters. The molecule has 5 heteroatoms. The lowest BCUT2D eigenvalue weighted by Crippen LogP contribution is -3.00. The van der Waals surface area contributed by atoms with Crippen LogP contribution in [-0.4, -0.2) is 43.4 Å². The van der Waals surface area contributed by atoms with Gasteiger partial charge in [-0.1, -0.05) is 49.6 Å². The van der Waals surface area contributed by atoms with Gasteiger partial charge in [0, 0.05) is 18.8 Å². The quantitative estimate of drug-likeness (QED) is 0.517. The second-order valence-electron chi connectivity index (χ2n) is 8.96. The highest BCUT2D eigenvalue weighted by molar-refractivity contribution is 5.68. The Morgan fingerprint density at radius 1 is 1.07 bits per heavy atom. The molecule has 27 heavy (non-hydrogen) atoms. The molecule has 1 aromatic rings. The van der Waals surface area contributed by atoms with Gasteiger partial charge < -0.3 is 38.5 Å². The highest BCUT2D eigenvalue weighted by Crippen LogP contribution is 2.36. The van der Waals surface area contributed by atoms with Crippen molar-refractivity contribution in [3.05, 3.63) is 35.9 Å². The second kappa shape index (κ2) is 9.12. The van der Waals surface area contributed by atoms with Crippen LogP contribution in [0.2, 0.25) is 0 Å². The van der Waals surface area contributed by atoms with Crippen molar-refractivity contribution < 1.29 is 38.0 Å². The van der Waals surface area contributed by atoms with Gasteiger partial charge in [0.1, 0.15) is 6.54 Å². The average molecular weight is 484 g/mol. The van der Waals surface area contributed by atoms with Gasteiger partial charge in [0.05, 0.1) is 26.2 Å². The van der Waals surface area contributed by atoms with E-state index >= 15 is 0 Å². The largest absolute Gasteiger partial charge is 1.00 e. The third-order valence-corrected chi connectivity index (χ3v) is 7.04.